The Morgan fingerprint density at radius 2 is 1.52 bits per heavy atom. The minimum Gasteiger partial charge on any atom is -0.333 e. The normalized spacial score (nSPS) is 13.0. The summed E-state index contributed by atoms with van der Waals surface area (Å²) in [7, 11) is 0. The number of thiophene rings is 1. The molecule has 4 nitrogen and oxygen atoms in total. The number of fused-ring (bicyclic) bond motifs is 2. The predicted molar refractivity (Wildman–Crippen MR) is 211 cm³/mol. The van der Waals surface area contributed by atoms with Gasteiger partial charge in [0, 0.05) is 58.5 Å². The average Bonchev–Trinajstić information content (AvgIpc) is 3.83. The third-order valence-corrected chi connectivity index (χ3v) is 9.44. The zero-order valence-corrected chi connectivity index (χ0v) is 31.0. The molecule has 1 radical (unpaired) electrons. The van der Waals surface area contributed by atoms with Gasteiger partial charge in [-0.2, -0.15) is 0 Å². The third-order valence-electron chi connectivity index (χ3n) is 8.56. The molecule has 5 aromatic carbocycles. The van der Waals surface area contributed by atoms with Crippen LogP contribution in [0.3, 0.4) is 0 Å². The fraction of sp³-hybridized carbons (Fsp3) is 0.0652. The van der Waals surface area contributed by atoms with Gasteiger partial charge in [-0.3, -0.25) is 21.3 Å². The summed E-state index contributed by atoms with van der Waals surface area (Å²) in [6, 6.07) is 50.7. The van der Waals surface area contributed by atoms with Crippen molar-refractivity contribution in [3.8, 4) is 39.5 Å². The van der Waals surface area contributed by atoms with E-state index in [2.05, 4.69) is 117 Å². The van der Waals surface area contributed by atoms with Gasteiger partial charge in [0.05, 0.1) is 16.9 Å². The molecule has 52 heavy (non-hydrogen) atoms. The van der Waals surface area contributed by atoms with Crippen LogP contribution in [0, 0.1) is 25.2 Å². The molecule has 0 aliphatic carbocycles. The average molecular weight is 873 g/mol. The molecule has 0 bridgehead atoms. The second kappa shape index (κ2) is 15.8. The van der Waals surface area contributed by atoms with E-state index < -0.39 is 13.7 Å². The minimum atomic E-state index is -2.18. The van der Waals surface area contributed by atoms with E-state index in [-0.39, 0.29) is 31.2 Å². The molecule has 9 rings (SSSR count). The van der Waals surface area contributed by atoms with Crippen molar-refractivity contribution in [2.75, 3.05) is 0 Å². The Kier molecular flexibility index (Phi) is 8.54. The van der Waals surface area contributed by atoms with E-state index >= 15 is 0 Å². The van der Waals surface area contributed by atoms with Crippen LogP contribution in [-0.2, 0) is 26.5 Å². The van der Waals surface area contributed by atoms with Crippen molar-refractivity contribution in [2.45, 2.75) is 20.1 Å². The van der Waals surface area contributed by atoms with Crippen LogP contribution in [0.1, 0.15) is 30.6 Å². The van der Waals surface area contributed by atoms with Crippen molar-refractivity contribution in [2.24, 2.45) is 0 Å². The number of pyridine rings is 2. The van der Waals surface area contributed by atoms with Gasteiger partial charge < -0.3 is 9.55 Å². The topological polar surface area (TPSA) is 43.6 Å². The zero-order chi connectivity index (χ0) is 39.6. The van der Waals surface area contributed by atoms with Gasteiger partial charge in [-0.05, 0) is 65.6 Å². The first-order valence-corrected chi connectivity index (χ1v) is 17.3. The predicted octanol–water partition coefficient (Wildman–Crippen LogP) is 11.5. The minimum absolute atomic E-state index is 0. The molecule has 0 unspecified atom stereocenters. The van der Waals surface area contributed by atoms with Crippen molar-refractivity contribution < 1.29 is 28.3 Å². The summed E-state index contributed by atoms with van der Waals surface area (Å²) in [6.45, 7) is -4.34. The monoisotopic (exact) mass is 873 g/mol. The van der Waals surface area contributed by atoms with Gasteiger partial charge in [0.1, 0.15) is 0 Å². The first-order chi connectivity index (χ1) is 27.5. The summed E-state index contributed by atoms with van der Waals surface area (Å²) in [4.78, 5) is 13.7. The van der Waals surface area contributed by atoms with Crippen LogP contribution in [0.2, 0.25) is 0 Å². The van der Waals surface area contributed by atoms with Crippen LogP contribution in [0.15, 0.2) is 158 Å². The summed E-state index contributed by atoms with van der Waals surface area (Å²) in [6.07, 6.45) is 3.94. The molecule has 0 saturated heterocycles. The first-order valence-electron chi connectivity index (χ1n) is 19.5. The van der Waals surface area contributed by atoms with Crippen molar-refractivity contribution in [3.05, 3.63) is 192 Å². The molecular weight excluding hydrogens is 833 g/mol. The van der Waals surface area contributed by atoms with Crippen LogP contribution < -0.4 is 0 Å². The molecule has 0 amide bonds. The number of hydrogen-bond donors (Lipinski definition) is 0. The van der Waals surface area contributed by atoms with Gasteiger partial charge in [-0.25, -0.2) is 0 Å². The Hall–Kier alpha value is -5.52. The molecular formula is C46H34IrN4S-2. The maximum atomic E-state index is 7.28. The summed E-state index contributed by atoms with van der Waals surface area (Å²) < 4.78 is 47.1. The van der Waals surface area contributed by atoms with Crippen LogP contribution in [0.25, 0.3) is 60.6 Å². The molecule has 4 heterocycles. The fourth-order valence-electron chi connectivity index (χ4n) is 6.04. The maximum absolute atomic E-state index is 7.28. The van der Waals surface area contributed by atoms with Crippen molar-refractivity contribution in [1.29, 1.82) is 0 Å². The van der Waals surface area contributed by atoms with Crippen molar-refractivity contribution >= 4 is 32.5 Å². The Morgan fingerprint density at radius 3 is 2.27 bits per heavy atom. The number of aryl methyl sites for hydroxylation is 2. The first kappa shape index (κ1) is 28.1. The summed E-state index contributed by atoms with van der Waals surface area (Å²) in [5.41, 5.74) is 10.4. The molecule has 0 fully saturated rings. The number of imidazole rings is 1. The maximum Gasteiger partial charge on any atom is 0.0774 e. The Bertz CT molecular complexity index is 2710. The van der Waals surface area contributed by atoms with Gasteiger partial charge in [0.2, 0.25) is 0 Å². The number of para-hydroxylation sites is 2. The molecule has 0 aliphatic rings. The molecule has 6 heteroatoms. The van der Waals surface area contributed by atoms with E-state index in [0.29, 0.717) is 11.3 Å². The number of rotatable bonds is 6. The van der Waals surface area contributed by atoms with Crippen LogP contribution >= 0.6 is 11.3 Å². The largest absolute Gasteiger partial charge is 0.333 e. The number of hydrogen-bond acceptors (Lipinski definition) is 4. The van der Waals surface area contributed by atoms with Crippen molar-refractivity contribution in [3.63, 3.8) is 0 Å². The Morgan fingerprint density at radius 1 is 0.731 bits per heavy atom. The number of aromatic nitrogens is 4. The molecule has 0 atom stereocenters. The zero-order valence-electron chi connectivity index (χ0n) is 33.7. The van der Waals surface area contributed by atoms with E-state index in [4.69, 9.17) is 13.2 Å². The Balaban J connectivity index is 0.000000208. The smallest absolute Gasteiger partial charge is 0.0774 e. The number of benzene rings is 5. The fourth-order valence-corrected chi connectivity index (χ4v) is 6.86. The van der Waals surface area contributed by atoms with Crippen LogP contribution in [-0.4, -0.2) is 19.5 Å². The Labute approximate surface area is 330 Å². The standard InChI is InChI=1S/C33H22N3S.C13H12N.Ir/c1-2-8-24(9-3-1)25-14-16-27(17-15-25)36-31-12-5-4-11-30(31)35-33(36)29-22-37-32-18-13-23(21-28(29)32)20-26-10-6-7-19-34-26;1-10-3-6-12(7-4-10)13-8-5-11(2)9-14-13;/h1-19,21H,20H2;3-6,8-9H,1-2H3;/q2*-1;/i;1D3,2D3;. The second-order valence-corrected chi connectivity index (χ2v) is 12.9. The number of nitrogens with zero attached hydrogens (tertiary/aromatic N) is 4. The summed E-state index contributed by atoms with van der Waals surface area (Å²) in [5.74, 6) is 0.912. The van der Waals surface area contributed by atoms with Crippen LogP contribution in [0.5, 0.6) is 0 Å². The molecule has 0 saturated carbocycles. The molecule has 0 spiro atoms. The van der Waals surface area contributed by atoms with E-state index in [1.807, 2.05) is 30.5 Å². The van der Waals surface area contributed by atoms with E-state index in [9.17, 15) is 0 Å². The molecule has 255 valence electrons. The molecule has 4 aromatic heterocycles. The second-order valence-electron chi connectivity index (χ2n) is 12.0. The van der Waals surface area contributed by atoms with Crippen LogP contribution in [0.4, 0.5) is 0 Å². The van der Waals surface area contributed by atoms with Crippen molar-refractivity contribution in [1.82, 2.24) is 19.5 Å². The van der Waals surface area contributed by atoms with Gasteiger partial charge in [0.15, 0.2) is 0 Å². The molecule has 0 N–H and O–H groups in total. The van der Waals surface area contributed by atoms with Gasteiger partial charge in [-0.1, -0.05) is 113 Å². The van der Waals surface area contributed by atoms with Gasteiger partial charge in [0.25, 0.3) is 0 Å². The summed E-state index contributed by atoms with van der Waals surface area (Å²) >= 11 is 1.64. The SMILES string of the molecule is [2H]C([2H])([2H])c1c[c-]c(-c2ccc(C([2H])([2H])[2H])cn2)cc1.[Ir].[c-]1sc2ccc(Cc3ccccn3)cc2c1-c1nc2ccccc2n1-c1ccc(-c2ccccc2)cc1. The van der Waals surface area contributed by atoms with E-state index in [1.165, 1.54) is 51.2 Å². The van der Waals surface area contributed by atoms with Gasteiger partial charge in [-0.15, -0.1) is 46.8 Å². The summed E-state index contributed by atoms with van der Waals surface area (Å²) in [5, 5.41) is 4.75. The molecule has 9 aromatic rings. The van der Waals surface area contributed by atoms with Gasteiger partial charge >= 0.3 is 0 Å². The quantitative estimate of drug-likeness (QED) is 0.156. The van der Waals surface area contributed by atoms with E-state index in [0.717, 1.165) is 40.2 Å². The van der Waals surface area contributed by atoms with E-state index in [1.54, 1.807) is 23.5 Å². The molecule has 0 aliphatic heterocycles. The third kappa shape index (κ3) is 7.56.